The maximum absolute atomic E-state index is 8.82. The zero-order valence-corrected chi connectivity index (χ0v) is 10.1. The summed E-state index contributed by atoms with van der Waals surface area (Å²) in [6.07, 6.45) is 0. The monoisotopic (exact) mass is 249 g/mol. The van der Waals surface area contributed by atoms with Crippen molar-refractivity contribution in [2.75, 3.05) is 37.5 Å². The molecule has 0 aliphatic heterocycles. The molecule has 6 heteroatoms. The van der Waals surface area contributed by atoms with Gasteiger partial charge in [-0.3, -0.25) is 0 Å². The van der Waals surface area contributed by atoms with Gasteiger partial charge in [-0.25, -0.2) is 4.98 Å². The molecule has 0 bridgehead atoms. The van der Waals surface area contributed by atoms with Crippen LogP contribution in [0, 0.1) is 0 Å². The third-order valence-corrected chi connectivity index (χ3v) is 2.51. The van der Waals surface area contributed by atoms with Crippen LogP contribution in [0.15, 0.2) is 6.07 Å². The molecule has 84 valence electrons. The fourth-order valence-electron chi connectivity index (χ4n) is 1.16. The Kier molecular flexibility index (Phi) is 4.45. The fourth-order valence-corrected chi connectivity index (χ4v) is 1.75. The number of nitrogens with one attached hydrogen (secondary N) is 1. The molecule has 1 rings (SSSR count). The quantitative estimate of drug-likeness (QED) is 0.856. The molecule has 0 aliphatic rings. The van der Waals surface area contributed by atoms with Crippen LogP contribution in [0.5, 0.6) is 0 Å². The Morgan fingerprint density at radius 3 is 2.67 bits per heavy atom. The Morgan fingerprint density at radius 1 is 1.47 bits per heavy atom. The lowest BCUT2D eigenvalue weighted by atomic mass is 10.4. The minimum absolute atomic E-state index is 0.0476. The summed E-state index contributed by atoms with van der Waals surface area (Å²) >= 11 is 11.9. The van der Waals surface area contributed by atoms with Gasteiger partial charge < -0.3 is 15.3 Å². The number of aromatic nitrogens is 1. The van der Waals surface area contributed by atoms with Crippen molar-refractivity contribution in [3.63, 3.8) is 0 Å². The van der Waals surface area contributed by atoms with E-state index in [-0.39, 0.29) is 6.61 Å². The maximum atomic E-state index is 8.82. The molecule has 2 N–H and O–H groups in total. The average Bonchev–Trinajstić information content (AvgIpc) is 2.18. The van der Waals surface area contributed by atoms with Crippen molar-refractivity contribution in [2.45, 2.75) is 0 Å². The molecule has 0 amide bonds. The van der Waals surface area contributed by atoms with E-state index in [1.165, 1.54) is 0 Å². The van der Waals surface area contributed by atoms with Crippen LogP contribution in [0.1, 0.15) is 0 Å². The lowest BCUT2D eigenvalue weighted by molar-refractivity contribution is 0.304. The van der Waals surface area contributed by atoms with E-state index < -0.39 is 0 Å². The van der Waals surface area contributed by atoms with E-state index >= 15 is 0 Å². The second-order valence-electron chi connectivity index (χ2n) is 3.02. The molecule has 0 saturated heterocycles. The van der Waals surface area contributed by atoms with Gasteiger partial charge in [0.2, 0.25) is 0 Å². The van der Waals surface area contributed by atoms with E-state index in [2.05, 4.69) is 10.3 Å². The van der Waals surface area contributed by atoms with E-state index in [1.54, 1.807) is 25.1 Å². The SMILES string of the molecule is CNc1nc(N(C)CCO)c(Cl)cc1Cl. The number of pyridine rings is 1. The summed E-state index contributed by atoms with van der Waals surface area (Å²) in [7, 11) is 3.54. The standard InChI is InChI=1S/C9H13Cl2N3O/c1-12-8-6(10)5-7(11)9(13-8)14(2)3-4-15/h5,15H,3-4H2,1-2H3,(H,12,13). The van der Waals surface area contributed by atoms with E-state index in [1.807, 2.05) is 0 Å². The average molecular weight is 250 g/mol. The molecule has 0 fully saturated rings. The van der Waals surface area contributed by atoms with E-state index in [9.17, 15) is 0 Å². The smallest absolute Gasteiger partial charge is 0.149 e. The van der Waals surface area contributed by atoms with Gasteiger partial charge in [0.25, 0.3) is 0 Å². The first-order valence-electron chi connectivity index (χ1n) is 4.46. The van der Waals surface area contributed by atoms with Crippen LogP contribution < -0.4 is 10.2 Å². The molecular weight excluding hydrogens is 237 g/mol. The van der Waals surface area contributed by atoms with Crippen molar-refractivity contribution in [3.8, 4) is 0 Å². The van der Waals surface area contributed by atoms with Gasteiger partial charge in [-0.05, 0) is 6.07 Å². The maximum Gasteiger partial charge on any atom is 0.149 e. The summed E-state index contributed by atoms with van der Waals surface area (Å²) in [5.41, 5.74) is 0. The largest absolute Gasteiger partial charge is 0.395 e. The number of rotatable bonds is 4. The second-order valence-corrected chi connectivity index (χ2v) is 3.83. The number of hydrogen-bond donors (Lipinski definition) is 2. The van der Waals surface area contributed by atoms with Crippen molar-refractivity contribution in [1.82, 2.24) is 4.98 Å². The molecule has 15 heavy (non-hydrogen) atoms. The van der Waals surface area contributed by atoms with Crippen LogP contribution in [0.25, 0.3) is 0 Å². The zero-order chi connectivity index (χ0) is 11.4. The third kappa shape index (κ3) is 2.87. The molecule has 0 saturated carbocycles. The summed E-state index contributed by atoms with van der Waals surface area (Å²) in [6.45, 7) is 0.517. The summed E-state index contributed by atoms with van der Waals surface area (Å²) in [4.78, 5) is 6.01. The van der Waals surface area contributed by atoms with Crippen molar-refractivity contribution in [1.29, 1.82) is 0 Å². The highest BCUT2D eigenvalue weighted by molar-refractivity contribution is 6.37. The zero-order valence-electron chi connectivity index (χ0n) is 8.59. The van der Waals surface area contributed by atoms with Crippen molar-refractivity contribution >= 4 is 34.8 Å². The van der Waals surface area contributed by atoms with Crippen LogP contribution in [0.3, 0.4) is 0 Å². The molecule has 0 spiro atoms. The number of halogens is 2. The molecule has 1 aromatic rings. The fraction of sp³-hybridized carbons (Fsp3) is 0.444. The Morgan fingerprint density at radius 2 is 2.13 bits per heavy atom. The van der Waals surface area contributed by atoms with E-state index in [4.69, 9.17) is 28.3 Å². The number of hydrogen-bond acceptors (Lipinski definition) is 4. The Labute approximate surface area is 98.8 Å². The summed E-state index contributed by atoms with van der Waals surface area (Å²) < 4.78 is 0. The summed E-state index contributed by atoms with van der Waals surface area (Å²) in [5, 5.41) is 12.6. The van der Waals surface area contributed by atoms with Gasteiger partial charge in [0.05, 0.1) is 16.7 Å². The van der Waals surface area contributed by atoms with Gasteiger partial charge >= 0.3 is 0 Å². The molecular formula is C9H13Cl2N3O. The van der Waals surface area contributed by atoms with Crippen LogP contribution in [0.4, 0.5) is 11.6 Å². The highest BCUT2D eigenvalue weighted by atomic mass is 35.5. The lowest BCUT2D eigenvalue weighted by Gasteiger charge is -2.19. The number of aliphatic hydroxyl groups excluding tert-OH is 1. The van der Waals surface area contributed by atoms with Gasteiger partial charge in [0, 0.05) is 20.6 Å². The van der Waals surface area contributed by atoms with Crippen LogP contribution in [-0.4, -0.2) is 37.3 Å². The highest BCUT2D eigenvalue weighted by Gasteiger charge is 2.11. The van der Waals surface area contributed by atoms with E-state index in [0.29, 0.717) is 28.2 Å². The second kappa shape index (κ2) is 5.39. The molecule has 0 atom stereocenters. The predicted octanol–water partition coefficient (Wildman–Crippen LogP) is 1.86. The van der Waals surface area contributed by atoms with Crippen molar-refractivity contribution < 1.29 is 5.11 Å². The Balaban J connectivity index is 3.06. The van der Waals surface area contributed by atoms with Crippen molar-refractivity contribution in [2.24, 2.45) is 0 Å². The number of likely N-dealkylation sites (N-methyl/N-ethyl adjacent to an activating group) is 1. The first-order valence-corrected chi connectivity index (χ1v) is 5.21. The summed E-state index contributed by atoms with van der Waals surface area (Å²) in [5.74, 6) is 1.17. The first-order chi connectivity index (χ1) is 7.10. The van der Waals surface area contributed by atoms with Crippen molar-refractivity contribution in [3.05, 3.63) is 16.1 Å². The molecule has 1 heterocycles. The normalized spacial score (nSPS) is 10.2. The van der Waals surface area contributed by atoms with Crippen LogP contribution >= 0.6 is 23.2 Å². The third-order valence-electron chi connectivity index (χ3n) is 1.94. The van der Waals surface area contributed by atoms with Gasteiger partial charge in [-0.1, -0.05) is 23.2 Å². The van der Waals surface area contributed by atoms with Crippen LogP contribution in [-0.2, 0) is 0 Å². The molecule has 0 radical (unpaired) electrons. The Hall–Kier alpha value is -0.710. The molecule has 0 aromatic carbocycles. The topological polar surface area (TPSA) is 48.4 Å². The first kappa shape index (κ1) is 12.4. The number of nitrogens with zero attached hydrogens (tertiary/aromatic N) is 2. The minimum Gasteiger partial charge on any atom is -0.395 e. The summed E-state index contributed by atoms with van der Waals surface area (Å²) in [6, 6.07) is 1.63. The Bertz CT molecular complexity index is 346. The van der Waals surface area contributed by atoms with E-state index in [0.717, 1.165) is 0 Å². The van der Waals surface area contributed by atoms with Gasteiger partial charge in [0.15, 0.2) is 0 Å². The van der Waals surface area contributed by atoms with Gasteiger partial charge in [-0.2, -0.15) is 0 Å². The minimum atomic E-state index is 0.0476. The highest BCUT2D eigenvalue weighted by Crippen LogP contribution is 2.30. The van der Waals surface area contributed by atoms with Gasteiger partial charge in [0.1, 0.15) is 11.6 Å². The molecule has 1 aromatic heterocycles. The number of aliphatic hydroxyl groups is 1. The molecule has 0 unspecified atom stereocenters. The number of anilines is 2. The lowest BCUT2D eigenvalue weighted by Crippen LogP contribution is -2.22. The predicted molar refractivity (Wildman–Crippen MR) is 64.2 cm³/mol. The van der Waals surface area contributed by atoms with Crippen LogP contribution in [0.2, 0.25) is 10.0 Å². The van der Waals surface area contributed by atoms with Gasteiger partial charge in [-0.15, -0.1) is 0 Å². The molecule has 0 aliphatic carbocycles. The molecule has 4 nitrogen and oxygen atoms in total.